The van der Waals surface area contributed by atoms with Crippen molar-refractivity contribution in [1.29, 1.82) is 0 Å². The Morgan fingerprint density at radius 1 is 1.47 bits per heavy atom. The minimum Gasteiger partial charge on any atom is -0.465 e. The molecule has 5 nitrogen and oxygen atoms in total. The van der Waals surface area contributed by atoms with Crippen LogP contribution in [0.25, 0.3) is 0 Å². The Balaban J connectivity index is 2.87. The lowest BCUT2D eigenvalue weighted by Crippen LogP contribution is -2.18. The molecule has 19 heavy (non-hydrogen) atoms. The Labute approximate surface area is 122 Å². The van der Waals surface area contributed by atoms with Crippen molar-refractivity contribution in [2.24, 2.45) is 0 Å². The maximum Gasteiger partial charge on any atom is 0.350 e. The first kappa shape index (κ1) is 16.3. The Hall–Kier alpha value is -0.790. The van der Waals surface area contributed by atoms with Crippen molar-refractivity contribution in [1.82, 2.24) is 0 Å². The molecular formula is C11H16ClNO4S2. The van der Waals surface area contributed by atoms with Crippen LogP contribution in [0.2, 0.25) is 0 Å². The average Bonchev–Trinajstić information content (AvgIpc) is 2.70. The maximum atomic E-state index is 11.9. The molecule has 1 aromatic rings. The summed E-state index contributed by atoms with van der Waals surface area (Å²) >= 11 is 6.66. The lowest BCUT2D eigenvalue weighted by Gasteiger charge is -2.09. The van der Waals surface area contributed by atoms with Gasteiger partial charge in [-0.25, -0.2) is 13.2 Å². The van der Waals surface area contributed by atoms with Gasteiger partial charge in [0.15, 0.2) is 0 Å². The van der Waals surface area contributed by atoms with E-state index >= 15 is 0 Å². The van der Waals surface area contributed by atoms with Crippen LogP contribution < -0.4 is 4.72 Å². The minimum atomic E-state index is -3.47. The van der Waals surface area contributed by atoms with Gasteiger partial charge in [-0.1, -0.05) is 0 Å². The molecule has 0 atom stereocenters. The second-order valence-corrected chi connectivity index (χ2v) is 7.03. The number of methoxy groups -OCH3 is 1. The van der Waals surface area contributed by atoms with Crippen LogP contribution >= 0.6 is 22.9 Å². The molecule has 1 heterocycles. The number of carbonyl (C=O) groups excluding carboxylic acids is 1. The molecule has 0 radical (unpaired) electrons. The first-order chi connectivity index (χ1) is 8.91. The van der Waals surface area contributed by atoms with Crippen molar-refractivity contribution in [2.75, 3.05) is 23.5 Å². The topological polar surface area (TPSA) is 72.5 Å². The Bertz CT molecular complexity index is 539. The smallest absolute Gasteiger partial charge is 0.350 e. The number of hydrogen-bond donors (Lipinski definition) is 1. The predicted molar refractivity (Wildman–Crippen MR) is 77.8 cm³/mol. The third-order valence-corrected chi connectivity index (χ3v) is 5.09. The highest BCUT2D eigenvalue weighted by molar-refractivity contribution is 7.92. The molecule has 0 bridgehead atoms. The first-order valence-corrected chi connectivity index (χ1v) is 8.70. The van der Waals surface area contributed by atoms with E-state index in [0.29, 0.717) is 30.0 Å². The molecule has 0 aliphatic heterocycles. The second kappa shape index (κ2) is 7.12. The van der Waals surface area contributed by atoms with Gasteiger partial charge >= 0.3 is 5.97 Å². The fourth-order valence-corrected chi connectivity index (χ4v) is 3.84. The quantitative estimate of drug-likeness (QED) is 0.475. The zero-order chi connectivity index (χ0) is 14.5. The molecule has 0 saturated carbocycles. The first-order valence-electron chi connectivity index (χ1n) is 5.64. The number of nitrogens with one attached hydrogen (secondary N) is 1. The number of hydrogen-bond acceptors (Lipinski definition) is 5. The molecule has 1 rings (SSSR count). The lowest BCUT2D eigenvalue weighted by atomic mass is 10.3. The number of rotatable bonds is 7. The molecule has 1 aromatic heterocycles. The van der Waals surface area contributed by atoms with E-state index in [4.69, 9.17) is 11.6 Å². The van der Waals surface area contributed by atoms with Crippen LogP contribution in [0.1, 0.15) is 28.1 Å². The molecule has 0 saturated heterocycles. The van der Waals surface area contributed by atoms with E-state index in [9.17, 15) is 13.2 Å². The molecule has 0 spiro atoms. The number of aryl methyl sites for hydroxylation is 1. The van der Waals surface area contributed by atoms with Gasteiger partial charge in [0, 0.05) is 5.88 Å². The summed E-state index contributed by atoms with van der Waals surface area (Å²) in [6.45, 7) is 1.74. The van der Waals surface area contributed by atoms with Crippen LogP contribution in [-0.2, 0) is 14.8 Å². The molecule has 0 aromatic carbocycles. The number of ether oxygens (including phenoxy) is 1. The van der Waals surface area contributed by atoms with Crippen molar-refractivity contribution in [3.8, 4) is 0 Å². The SMILES string of the molecule is COC(=O)c1scc(C)c1NS(=O)(=O)CCCCCl. The van der Waals surface area contributed by atoms with Gasteiger partial charge in [0.1, 0.15) is 4.88 Å². The van der Waals surface area contributed by atoms with Gasteiger partial charge < -0.3 is 4.74 Å². The number of esters is 1. The van der Waals surface area contributed by atoms with E-state index < -0.39 is 16.0 Å². The molecule has 108 valence electrons. The van der Waals surface area contributed by atoms with Crippen molar-refractivity contribution in [3.05, 3.63) is 15.8 Å². The van der Waals surface area contributed by atoms with Gasteiger partial charge in [0.2, 0.25) is 10.0 Å². The number of carbonyl (C=O) groups is 1. The Morgan fingerprint density at radius 3 is 2.74 bits per heavy atom. The number of anilines is 1. The number of thiophene rings is 1. The van der Waals surface area contributed by atoms with Crippen LogP contribution in [0, 0.1) is 6.92 Å². The van der Waals surface area contributed by atoms with Gasteiger partial charge in [0.05, 0.1) is 18.6 Å². The monoisotopic (exact) mass is 325 g/mol. The largest absolute Gasteiger partial charge is 0.465 e. The fourth-order valence-electron chi connectivity index (χ4n) is 1.41. The highest BCUT2D eigenvalue weighted by Crippen LogP contribution is 2.29. The van der Waals surface area contributed by atoms with Crippen molar-refractivity contribution >= 4 is 44.6 Å². The summed E-state index contributed by atoms with van der Waals surface area (Å²) in [7, 11) is -2.21. The van der Waals surface area contributed by atoms with E-state index in [2.05, 4.69) is 9.46 Å². The van der Waals surface area contributed by atoms with E-state index in [0.717, 1.165) is 11.3 Å². The van der Waals surface area contributed by atoms with Gasteiger partial charge in [-0.3, -0.25) is 4.72 Å². The molecule has 0 aliphatic rings. The van der Waals surface area contributed by atoms with E-state index in [1.54, 1.807) is 12.3 Å². The van der Waals surface area contributed by atoms with E-state index in [-0.39, 0.29) is 10.6 Å². The third-order valence-electron chi connectivity index (χ3n) is 2.40. The van der Waals surface area contributed by atoms with Crippen LogP contribution in [0.5, 0.6) is 0 Å². The van der Waals surface area contributed by atoms with Crippen LogP contribution in [0.3, 0.4) is 0 Å². The molecule has 0 amide bonds. The van der Waals surface area contributed by atoms with Crippen molar-refractivity contribution in [2.45, 2.75) is 19.8 Å². The second-order valence-electron chi connectivity index (χ2n) is 3.93. The zero-order valence-corrected chi connectivity index (χ0v) is 13.1. The van der Waals surface area contributed by atoms with Gasteiger partial charge in [0.25, 0.3) is 0 Å². The molecule has 0 aliphatic carbocycles. The number of halogens is 1. The minimum absolute atomic E-state index is 0.0182. The lowest BCUT2D eigenvalue weighted by molar-refractivity contribution is 0.0607. The zero-order valence-electron chi connectivity index (χ0n) is 10.7. The van der Waals surface area contributed by atoms with Crippen LogP contribution in [0.4, 0.5) is 5.69 Å². The van der Waals surface area contributed by atoms with E-state index in [1.807, 2.05) is 0 Å². The summed E-state index contributed by atoms with van der Waals surface area (Å²) in [6.07, 6.45) is 1.12. The Kier molecular flexibility index (Phi) is 6.09. The highest BCUT2D eigenvalue weighted by Gasteiger charge is 2.20. The van der Waals surface area contributed by atoms with Gasteiger partial charge in [-0.05, 0) is 30.7 Å². The summed E-state index contributed by atoms with van der Waals surface area (Å²) in [5, 5.41) is 1.71. The van der Waals surface area contributed by atoms with Crippen LogP contribution in [0.15, 0.2) is 5.38 Å². The number of unbranched alkanes of at least 4 members (excludes halogenated alkanes) is 1. The van der Waals surface area contributed by atoms with E-state index in [1.165, 1.54) is 7.11 Å². The standard InChI is InChI=1S/C11H16ClNO4S2/c1-8-7-18-10(11(14)17-2)9(8)13-19(15,16)6-4-3-5-12/h7,13H,3-6H2,1-2H3. The number of alkyl halides is 1. The van der Waals surface area contributed by atoms with Crippen molar-refractivity contribution in [3.63, 3.8) is 0 Å². The van der Waals surface area contributed by atoms with Gasteiger partial charge in [-0.2, -0.15) is 0 Å². The normalized spacial score (nSPS) is 11.3. The molecule has 0 fully saturated rings. The van der Waals surface area contributed by atoms with Crippen molar-refractivity contribution < 1.29 is 17.9 Å². The summed E-state index contributed by atoms with van der Waals surface area (Å²) < 4.78 is 30.8. The summed E-state index contributed by atoms with van der Waals surface area (Å²) in [4.78, 5) is 11.8. The Morgan fingerprint density at radius 2 is 2.16 bits per heavy atom. The molecule has 8 heteroatoms. The molecular weight excluding hydrogens is 310 g/mol. The summed E-state index contributed by atoms with van der Waals surface area (Å²) in [6, 6.07) is 0. The fraction of sp³-hybridized carbons (Fsp3) is 0.545. The number of sulfonamides is 1. The summed E-state index contributed by atoms with van der Waals surface area (Å²) in [5.41, 5.74) is 1.01. The highest BCUT2D eigenvalue weighted by atomic mass is 35.5. The maximum absolute atomic E-state index is 11.9. The average molecular weight is 326 g/mol. The van der Waals surface area contributed by atoms with Gasteiger partial charge in [-0.15, -0.1) is 22.9 Å². The summed E-state index contributed by atoms with van der Waals surface area (Å²) in [5.74, 6) is -0.132. The molecule has 0 unspecified atom stereocenters. The predicted octanol–water partition coefficient (Wildman–Crippen LogP) is 2.60. The molecule has 1 N–H and O–H groups in total. The third kappa shape index (κ3) is 4.67. The van der Waals surface area contributed by atoms with Crippen LogP contribution in [-0.4, -0.2) is 33.1 Å².